The van der Waals surface area contributed by atoms with Crippen LogP contribution in [0.3, 0.4) is 0 Å². The van der Waals surface area contributed by atoms with Gasteiger partial charge >= 0.3 is 5.69 Å². The molecule has 0 spiro atoms. The highest BCUT2D eigenvalue weighted by Crippen LogP contribution is 2.35. The number of para-hydroxylation sites is 1. The molecule has 0 aliphatic carbocycles. The third-order valence-electron chi connectivity index (χ3n) is 2.61. The summed E-state index contributed by atoms with van der Waals surface area (Å²) < 4.78 is 0. The van der Waals surface area contributed by atoms with E-state index in [1.165, 1.54) is 0 Å². The van der Waals surface area contributed by atoms with Gasteiger partial charge in [-0.1, -0.05) is 19.9 Å². The number of rotatable bonds is 6. The van der Waals surface area contributed by atoms with E-state index in [0.29, 0.717) is 23.8 Å². The number of hydrogen-bond donors (Lipinski definition) is 1. The second-order valence-corrected chi connectivity index (χ2v) is 4.74. The molecule has 100 valence electrons. The SMILES string of the molecule is CCNc1cccc(N(C)CC(C)C)c1[N+](=O)[O-]. The summed E-state index contributed by atoms with van der Waals surface area (Å²) in [6, 6.07) is 5.38. The van der Waals surface area contributed by atoms with Crippen molar-refractivity contribution in [2.75, 3.05) is 30.4 Å². The molecule has 0 aromatic heterocycles. The molecule has 0 heterocycles. The first-order chi connectivity index (χ1) is 8.47. The van der Waals surface area contributed by atoms with Gasteiger partial charge in [-0.05, 0) is 25.0 Å². The van der Waals surface area contributed by atoms with Gasteiger partial charge in [0.05, 0.1) is 4.92 Å². The van der Waals surface area contributed by atoms with E-state index in [-0.39, 0.29) is 10.6 Å². The minimum atomic E-state index is -0.315. The summed E-state index contributed by atoms with van der Waals surface area (Å²) in [6.45, 7) is 7.57. The third kappa shape index (κ3) is 3.35. The average Bonchev–Trinajstić information content (AvgIpc) is 2.27. The molecule has 0 aliphatic heterocycles. The van der Waals surface area contributed by atoms with E-state index >= 15 is 0 Å². The number of hydrogen-bond acceptors (Lipinski definition) is 4. The van der Waals surface area contributed by atoms with Gasteiger partial charge in [0.25, 0.3) is 0 Å². The zero-order valence-corrected chi connectivity index (χ0v) is 11.4. The molecule has 0 radical (unpaired) electrons. The van der Waals surface area contributed by atoms with Crippen molar-refractivity contribution < 1.29 is 4.92 Å². The summed E-state index contributed by atoms with van der Waals surface area (Å²) in [5.41, 5.74) is 1.39. The summed E-state index contributed by atoms with van der Waals surface area (Å²) in [5, 5.41) is 14.3. The van der Waals surface area contributed by atoms with E-state index < -0.39 is 0 Å². The molecule has 18 heavy (non-hydrogen) atoms. The molecule has 0 saturated carbocycles. The Labute approximate surface area is 108 Å². The maximum Gasteiger partial charge on any atom is 0.315 e. The van der Waals surface area contributed by atoms with E-state index in [4.69, 9.17) is 0 Å². The van der Waals surface area contributed by atoms with Crippen LogP contribution in [0.5, 0.6) is 0 Å². The lowest BCUT2D eigenvalue weighted by Gasteiger charge is -2.22. The van der Waals surface area contributed by atoms with Gasteiger partial charge in [-0.25, -0.2) is 0 Å². The first kappa shape index (κ1) is 14.3. The molecule has 5 heteroatoms. The molecular weight excluding hydrogens is 230 g/mol. The molecule has 1 N–H and O–H groups in total. The van der Waals surface area contributed by atoms with Crippen molar-refractivity contribution in [2.24, 2.45) is 5.92 Å². The topological polar surface area (TPSA) is 58.4 Å². The van der Waals surface area contributed by atoms with Crippen molar-refractivity contribution in [1.82, 2.24) is 0 Å². The number of nitro benzene ring substituents is 1. The number of anilines is 2. The molecule has 0 amide bonds. The van der Waals surface area contributed by atoms with Crippen LogP contribution in [0, 0.1) is 16.0 Å². The Hall–Kier alpha value is -1.78. The fourth-order valence-corrected chi connectivity index (χ4v) is 2.01. The first-order valence-electron chi connectivity index (χ1n) is 6.19. The Morgan fingerprint density at radius 3 is 2.61 bits per heavy atom. The predicted molar refractivity (Wildman–Crippen MR) is 75.4 cm³/mol. The summed E-state index contributed by atoms with van der Waals surface area (Å²) in [6.07, 6.45) is 0. The monoisotopic (exact) mass is 251 g/mol. The molecule has 5 nitrogen and oxygen atoms in total. The number of nitro groups is 1. The quantitative estimate of drug-likeness (QED) is 0.623. The first-order valence-corrected chi connectivity index (χ1v) is 6.19. The second-order valence-electron chi connectivity index (χ2n) is 4.74. The smallest absolute Gasteiger partial charge is 0.315 e. The second kappa shape index (κ2) is 6.23. The summed E-state index contributed by atoms with van der Waals surface area (Å²) in [7, 11) is 1.89. The highest BCUT2D eigenvalue weighted by Gasteiger charge is 2.22. The zero-order chi connectivity index (χ0) is 13.7. The Morgan fingerprint density at radius 1 is 1.44 bits per heavy atom. The molecule has 0 bridgehead atoms. The summed E-state index contributed by atoms with van der Waals surface area (Å²) in [5.74, 6) is 0.456. The Kier molecular flexibility index (Phi) is 4.95. The molecule has 0 saturated heterocycles. The summed E-state index contributed by atoms with van der Waals surface area (Å²) >= 11 is 0. The average molecular weight is 251 g/mol. The van der Waals surface area contributed by atoms with Gasteiger partial charge in [0.15, 0.2) is 0 Å². The van der Waals surface area contributed by atoms with Gasteiger partial charge < -0.3 is 10.2 Å². The largest absolute Gasteiger partial charge is 0.380 e. The predicted octanol–water partition coefficient (Wildman–Crippen LogP) is 3.12. The van der Waals surface area contributed by atoms with Crippen molar-refractivity contribution >= 4 is 17.1 Å². The fraction of sp³-hybridized carbons (Fsp3) is 0.538. The minimum Gasteiger partial charge on any atom is -0.380 e. The third-order valence-corrected chi connectivity index (χ3v) is 2.61. The van der Waals surface area contributed by atoms with Crippen LogP contribution in [-0.4, -0.2) is 25.1 Å². The lowest BCUT2D eigenvalue weighted by Crippen LogP contribution is -2.23. The van der Waals surface area contributed by atoms with Crippen LogP contribution in [0.4, 0.5) is 17.1 Å². The van der Waals surface area contributed by atoms with Crippen molar-refractivity contribution in [3.8, 4) is 0 Å². The fourth-order valence-electron chi connectivity index (χ4n) is 2.01. The highest BCUT2D eigenvalue weighted by molar-refractivity contribution is 5.76. The molecule has 1 aromatic rings. The van der Waals surface area contributed by atoms with Crippen LogP contribution in [0.15, 0.2) is 18.2 Å². The Balaban J connectivity index is 3.17. The maximum absolute atomic E-state index is 11.2. The van der Waals surface area contributed by atoms with E-state index in [0.717, 1.165) is 6.54 Å². The molecule has 1 rings (SSSR count). The van der Waals surface area contributed by atoms with Crippen molar-refractivity contribution in [3.05, 3.63) is 28.3 Å². The molecular formula is C13H21N3O2. The van der Waals surface area contributed by atoms with E-state index in [1.807, 2.05) is 24.9 Å². The summed E-state index contributed by atoms with van der Waals surface area (Å²) in [4.78, 5) is 12.9. The number of benzene rings is 1. The van der Waals surface area contributed by atoms with Crippen LogP contribution in [-0.2, 0) is 0 Å². The van der Waals surface area contributed by atoms with Crippen molar-refractivity contribution in [1.29, 1.82) is 0 Å². The minimum absolute atomic E-state index is 0.155. The van der Waals surface area contributed by atoms with Gasteiger partial charge in [0.1, 0.15) is 11.4 Å². The van der Waals surface area contributed by atoms with E-state index in [9.17, 15) is 10.1 Å². The van der Waals surface area contributed by atoms with Gasteiger partial charge in [-0.3, -0.25) is 10.1 Å². The molecule has 0 unspecified atom stereocenters. The van der Waals surface area contributed by atoms with Gasteiger partial charge in [0, 0.05) is 20.1 Å². The number of nitrogens with zero attached hydrogens (tertiary/aromatic N) is 2. The maximum atomic E-state index is 11.2. The van der Waals surface area contributed by atoms with Crippen LogP contribution in [0.1, 0.15) is 20.8 Å². The lowest BCUT2D eigenvalue weighted by molar-refractivity contribution is -0.383. The van der Waals surface area contributed by atoms with Gasteiger partial charge in [0.2, 0.25) is 0 Å². The van der Waals surface area contributed by atoms with Crippen LogP contribution < -0.4 is 10.2 Å². The number of nitrogens with one attached hydrogen (secondary N) is 1. The molecule has 1 aromatic carbocycles. The standard InChI is InChI=1S/C13H21N3O2/c1-5-14-11-7-6-8-12(13(11)16(17)18)15(4)9-10(2)3/h6-8,10,14H,5,9H2,1-4H3. The highest BCUT2D eigenvalue weighted by atomic mass is 16.6. The van der Waals surface area contributed by atoms with Crippen LogP contribution >= 0.6 is 0 Å². The van der Waals surface area contributed by atoms with Gasteiger partial charge in [-0.2, -0.15) is 0 Å². The van der Waals surface area contributed by atoms with Crippen LogP contribution in [0.2, 0.25) is 0 Å². The Morgan fingerprint density at radius 2 is 2.11 bits per heavy atom. The van der Waals surface area contributed by atoms with Crippen molar-refractivity contribution in [2.45, 2.75) is 20.8 Å². The van der Waals surface area contributed by atoms with E-state index in [1.54, 1.807) is 12.1 Å². The normalized spacial score (nSPS) is 10.5. The molecule has 0 fully saturated rings. The molecule has 0 atom stereocenters. The Bertz CT molecular complexity index is 419. The van der Waals surface area contributed by atoms with Gasteiger partial charge in [-0.15, -0.1) is 0 Å². The molecule has 0 aliphatic rings. The zero-order valence-electron chi connectivity index (χ0n) is 11.4. The van der Waals surface area contributed by atoms with Crippen molar-refractivity contribution in [3.63, 3.8) is 0 Å². The van der Waals surface area contributed by atoms with E-state index in [2.05, 4.69) is 19.2 Å². The van der Waals surface area contributed by atoms with Crippen LogP contribution in [0.25, 0.3) is 0 Å². The lowest BCUT2D eigenvalue weighted by atomic mass is 10.1.